The summed E-state index contributed by atoms with van der Waals surface area (Å²) in [5.74, 6) is 1.93. The van der Waals surface area contributed by atoms with Gasteiger partial charge in [-0.05, 0) is 18.2 Å². The van der Waals surface area contributed by atoms with Crippen LogP contribution in [0.5, 0.6) is 0 Å². The molecule has 0 atom stereocenters. The van der Waals surface area contributed by atoms with E-state index in [-0.39, 0.29) is 5.91 Å². The van der Waals surface area contributed by atoms with Crippen molar-refractivity contribution in [2.75, 3.05) is 7.05 Å². The summed E-state index contributed by atoms with van der Waals surface area (Å²) >= 11 is 0. The molecule has 0 aromatic carbocycles. The smallest absolute Gasteiger partial charge is 0.274 e. The molecule has 0 aliphatic heterocycles. The maximum atomic E-state index is 12.4. The lowest BCUT2D eigenvalue weighted by Crippen LogP contribution is -2.26. The van der Waals surface area contributed by atoms with Gasteiger partial charge in [0.25, 0.3) is 5.91 Å². The molecule has 7 heteroatoms. The number of carbonyl (C=O) groups excluding carboxylic acids is 1. The fourth-order valence-corrected chi connectivity index (χ4v) is 2.59. The summed E-state index contributed by atoms with van der Waals surface area (Å²) in [7, 11) is 1.73. The number of nitrogens with one attached hydrogen (secondary N) is 1. The van der Waals surface area contributed by atoms with Crippen LogP contribution in [0.15, 0.2) is 41.3 Å². The third kappa shape index (κ3) is 3.40. The summed E-state index contributed by atoms with van der Waals surface area (Å²) in [5.41, 5.74) is 1.26. The molecule has 0 aliphatic carbocycles. The van der Waals surface area contributed by atoms with Gasteiger partial charge in [-0.1, -0.05) is 13.8 Å². The van der Waals surface area contributed by atoms with Crippen LogP contribution in [-0.2, 0) is 13.1 Å². The van der Waals surface area contributed by atoms with Gasteiger partial charge in [-0.25, -0.2) is 4.98 Å². The van der Waals surface area contributed by atoms with Crippen molar-refractivity contribution >= 4 is 5.91 Å². The van der Waals surface area contributed by atoms with Crippen LogP contribution in [0.1, 0.15) is 47.5 Å². The minimum atomic E-state index is -0.149. The zero-order valence-electron chi connectivity index (χ0n) is 14.1. The van der Waals surface area contributed by atoms with Gasteiger partial charge in [0, 0.05) is 25.4 Å². The first kappa shape index (κ1) is 16.0. The normalized spacial score (nSPS) is 11.2. The SMILES string of the molecule is CC(C)c1nccn1Cc1cc(C(=O)N(C)Cc2ccco2)n[nH]1. The predicted molar refractivity (Wildman–Crippen MR) is 88.5 cm³/mol. The zero-order chi connectivity index (χ0) is 17.1. The second kappa shape index (κ2) is 6.74. The second-order valence-electron chi connectivity index (χ2n) is 6.09. The summed E-state index contributed by atoms with van der Waals surface area (Å²) in [6.45, 7) is 5.22. The Morgan fingerprint density at radius 1 is 1.46 bits per heavy atom. The Balaban J connectivity index is 1.68. The number of furan rings is 1. The molecule has 0 fully saturated rings. The molecule has 0 bridgehead atoms. The number of H-pyrrole nitrogens is 1. The van der Waals surface area contributed by atoms with E-state index in [1.165, 1.54) is 0 Å². The highest BCUT2D eigenvalue weighted by molar-refractivity contribution is 5.92. The van der Waals surface area contributed by atoms with Gasteiger partial charge >= 0.3 is 0 Å². The molecule has 0 aliphatic rings. The number of aromatic amines is 1. The number of nitrogens with zero attached hydrogens (tertiary/aromatic N) is 4. The van der Waals surface area contributed by atoms with Gasteiger partial charge in [0.2, 0.25) is 0 Å². The second-order valence-corrected chi connectivity index (χ2v) is 6.09. The zero-order valence-corrected chi connectivity index (χ0v) is 14.1. The van der Waals surface area contributed by atoms with Crippen LogP contribution >= 0.6 is 0 Å². The van der Waals surface area contributed by atoms with E-state index in [9.17, 15) is 4.79 Å². The molecule has 0 saturated carbocycles. The lowest BCUT2D eigenvalue weighted by molar-refractivity contribution is 0.0769. The van der Waals surface area contributed by atoms with Crippen molar-refractivity contribution in [1.82, 2.24) is 24.6 Å². The summed E-state index contributed by atoms with van der Waals surface area (Å²) in [5, 5.41) is 7.08. The minimum Gasteiger partial charge on any atom is -0.467 e. The molecule has 0 unspecified atom stereocenters. The first-order valence-electron chi connectivity index (χ1n) is 7.87. The van der Waals surface area contributed by atoms with E-state index >= 15 is 0 Å². The van der Waals surface area contributed by atoms with Crippen molar-refractivity contribution in [3.8, 4) is 0 Å². The quantitative estimate of drug-likeness (QED) is 0.755. The summed E-state index contributed by atoms with van der Waals surface area (Å²) in [6.07, 6.45) is 5.31. The Labute approximate surface area is 140 Å². The molecule has 126 valence electrons. The topological polar surface area (TPSA) is 79.9 Å². The van der Waals surface area contributed by atoms with Gasteiger partial charge in [0.15, 0.2) is 0 Å². The van der Waals surface area contributed by atoms with Gasteiger partial charge in [-0.15, -0.1) is 0 Å². The van der Waals surface area contributed by atoms with Crippen LogP contribution < -0.4 is 0 Å². The third-order valence-corrected chi connectivity index (χ3v) is 3.77. The number of amides is 1. The number of carbonyl (C=O) groups is 1. The van der Waals surface area contributed by atoms with Crippen LogP contribution in [0.2, 0.25) is 0 Å². The van der Waals surface area contributed by atoms with Crippen molar-refractivity contribution in [1.29, 1.82) is 0 Å². The lowest BCUT2D eigenvalue weighted by Gasteiger charge is -2.13. The predicted octanol–water partition coefficient (Wildman–Crippen LogP) is 2.64. The number of aromatic nitrogens is 4. The average Bonchev–Trinajstić information content (AvgIpc) is 3.27. The van der Waals surface area contributed by atoms with Crippen LogP contribution in [0, 0.1) is 0 Å². The maximum Gasteiger partial charge on any atom is 0.274 e. The van der Waals surface area contributed by atoms with Gasteiger partial charge in [0.05, 0.1) is 25.0 Å². The Hall–Kier alpha value is -2.83. The molecule has 24 heavy (non-hydrogen) atoms. The Kier molecular flexibility index (Phi) is 4.50. The number of imidazole rings is 1. The van der Waals surface area contributed by atoms with E-state index in [0.29, 0.717) is 24.7 Å². The Morgan fingerprint density at radius 3 is 3.00 bits per heavy atom. The van der Waals surface area contributed by atoms with E-state index in [4.69, 9.17) is 4.42 Å². The van der Waals surface area contributed by atoms with E-state index < -0.39 is 0 Å². The molecule has 0 saturated heterocycles. The van der Waals surface area contributed by atoms with Gasteiger partial charge in [0.1, 0.15) is 17.3 Å². The molecular formula is C17H21N5O2. The van der Waals surface area contributed by atoms with E-state index in [1.54, 1.807) is 36.5 Å². The molecule has 3 rings (SSSR count). The number of hydrogen-bond acceptors (Lipinski definition) is 4. The Morgan fingerprint density at radius 2 is 2.29 bits per heavy atom. The number of rotatable bonds is 6. The standard InChI is InChI=1S/C17H21N5O2/c1-12(2)16-18-6-7-22(16)10-13-9-15(20-19-13)17(23)21(3)11-14-5-4-8-24-14/h4-9,12H,10-11H2,1-3H3,(H,19,20). The Bertz CT molecular complexity index is 801. The van der Waals surface area contributed by atoms with Crippen molar-refractivity contribution in [2.45, 2.75) is 32.9 Å². The average molecular weight is 327 g/mol. The highest BCUT2D eigenvalue weighted by Crippen LogP contribution is 2.14. The minimum absolute atomic E-state index is 0.149. The first-order valence-corrected chi connectivity index (χ1v) is 7.87. The largest absolute Gasteiger partial charge is 0.467 e. The molecule has 0 spiro atoms. The fraction of sp³-hybridized carbons (Fsp3) is 0.353. The fourth-order valence-electron chi connectivity index (χ4n) is 2.59. The monoisotopic (exact) mass is 327 g/mol. The molecule has 3 aromatic rings. The van der Waals surface area contributed by atoms with Crippen LogP contribution in [0.25, 0.3) is 0 Å². The van der Waals surface area contributed by atoms with E-state index in [0.717, 1.165) is 17.3 Å². The van der Waals surface area contributed by atoms with Crippen LogP contribution in [-0.4, -0.2) is 37.6 Å². The highest BCUT2D eigenvalue weighted by atomic mass is 16.3. The van der Waals surface area contributed by atoms with E-state index in [1.807, 2.05) is 12.3 Å². The summed E-state index contributed by atoms with van der Waals surface area (Å²) < 4.78 is 7.32. The molecule has 1 amide bonds. The molecule has 0 radical (unpaired) electrons. The van der Waals surface area contributed by atoms with Crippen LogP contribution in [0.4, 0.5) is 0 Å². The molecule has 7 nitrogen and oxygen atoms in total. The first-order chi connectivity index (χ1) is 11.5. The molecule has 3 aromatic heterocycles. The molecule has 3 heterocycles. The van der Waals surface area contributed by atoms with Crippen LogP contribution in [0.3, 0.4) is 0 Å². The third-order valence-electron chi connectivity index (χ3n) is 3.77. The van der Waals surface area contributed by atoms with Gasteiger partial charge in [-0.2, -0.15) is 5.10 Å². The van der Waals surface area contributed by atoms with Crippen molar-refractivity contribution in [2.24, 2.45) is 0 Å². The van der Waals surface area contributed by atoms with E-state index in [2.05, 4.69) is 33.6 Å². The molecular weight excluding hydrogens is 306 g/mol. The lowest BCUT2D eigenvalue weighted by atomic mass is 10.2. The van der Waals surface area contributed by atoms with Gasteiger partial charge < -0.3 is 13.9 Å². The molecule has 1 N–H and O–H groups in total. The summed E-state index contributed by atoms with van der Waals surface area (Å²) in [4.78, 5) is 18.4. The maximum absolute atomic E-state index is 12.4. The highest BCUT2D eigenvalue weighted by Gasteiger charge is 2.17. The number of hydrogen-bond donors (Lipinski definition) is 1. The van der Waals surface area contributed by atoms with Crippen molar-refractivity contribution in [3.05, 3.63) is 59.8 Å². The summed E-state index contributed by atoms with van der Waals surface area (Å²) in [6, 6.07) is 5.43. The van der Waals surface area contributed by atoms with Crippen molar-refractivity contribution < 1.29 is 9.21 Å². The van der Waals surface area contributed by atoms with Crippen molar-refractivity contribution in [3.63, 3.8) is 0 Å². The van der Waals surface area contributed by atoms with Gasteiger partial charge in [-0.3, -0.25) is 9.89 Å².